The van der Waals surface area contributed by atoms with E-state index in [-0.39, 0.29) is 25.7 Å². The molecule has 0 amide bonds. The third kappa shape index (κ3) is 58.8. The molecule has 0 saturated heterocycles. The molecule has 0 radical (unpaired) electrons. The smallest absolute Gasteiger partial charge is 0.462 e. The standard InChI is InChI=1S/C64H124O17P2/c1-54(2)40-32-24-16-11-9-13-19-30-38-46-63(68)80-59(50-74-61(66)44-36-28-21-15-18-26-34-42-56(5)6)52-78-82(70,71)76-48-58(65)49-77-83(72,73)79-53-60(51-75-62(67)45-37-29-23-22-27-35-43-57(7)8)81-64(69)47-39-31-20-14-10-12-17-25-33-41-55(3)4/h54-60,65H,9-53H2,1-8H3,(H,70,71)(H,72,73)/t58-,59-,60-/m1/s1. The van der Waals surface area contributed by atoms with Crippen LogP contribution in [0, 0.1) is 23.7 Å². The number of phosphoric acid groups is 2. The lowest BCUT2D eigenvalue weighted by atomic mass is 10.0. The maximum atomic E-state index is 13.0. The molecule has 19 heteroatoms. The third-order valence-electron chi connectivity index (χ3n) is 14.6. The van der Waals surface area contributed by atoms with E-state index in [0.717, 1.165) is 115 Å². The van der Waals surface area contributed by atoms with Gasteiger partial charge in [0, 0.05) is 25.7 Å². The van der Waals surface area contributed by atoms with Crippen LogP contribution in [-0.4, -0.2) is 96.7 Å². The molecule has 0 aromatic heterocycles. The van der Waals surface area contributed by atoms with Gasteiger partial charge in [0.05, 0.1) is 26.4 Å². The molecule has 17 nitrogen and oxygen atoms in total. The summed E-state index contributed by atoms with van der Waals surface area (Å²) in [4.78, 5) is 72.2. The van der Waals surface area contributed by atoms with Gasteiger partial charge in [0.15, 0.2) is 12.2 Å². The Bertz CT molecular complexity index is 1660. The van der Waals surface area contributed by atoms with Gasteiger partial charge in [0.1, 0.15) is 19.3 Å². The van der Waals surface area contributed by atoms with Crippen LogP contribution in [0.3, 0.4) is 0 Å². The van der Waals surface area contributed by atoms with E-state index in [2.05, 4.69) is 55.4 Å². The minimum absolute atomic E-state index is 0.103. The number of hydrogen-bond donors (Lipinski definition) is 3. The number of ether oxygens (including phenoxy) is 4. The normalized spacial score (nSPS) is 14.4. The Morgan fingerprint density at radius 1 is 0.301 bits per heavy atom. The van der Waals surface area contributed by atoms with Gasteiger partial charge < -0.3 is 33.8 Å². The van der Waals surface area contributed by atoms with Crippen LogP contribution in [0.2, 0.25) is 0 Å². The molecule has 0 aliphatic rings. The molecular weight excluding hydrogens is 1100 g/mol. The van der Waals surface area contributed by atoms with Crippen LogP contribution < -0.4 is 0 Å². The highest BCUT2D eigenvalue weighted by atomic mass is 31.2. The van der Waals surface area contributed by atoms with Gasteiger partial charge in [-0.1, -0.05) is 254 Å². The van der Waals surface area contributed by atoms with Crippen LogP contribution >= 0.6 is 15.6 Å². The van der Waals surface area contributed by atoms with Crippen molar-refractivity contribution >= 4 is 39.5 Å². The van der Waals surface area contributed by atoms with Crippen molar-refractivity contribution in [1.29, 1.82) is 0 Å². The predicted octanol–water partition coefficient (Wildman–Crippen LogP) is 17.4. The lowest BCUT2D eigenvalue weighted by Crippen LogP contribution is -2.30. The Morgan fingerprint density at radius 3 is 0.747 bits per heavy atom. The Hall–Kier alpha value is -1.94. The lowest BCUT2D eigenvalue weighted by molar-refractivity contribution is -0.161. The Labute approximate surface area is 505 Å². The lowest BCUT2D eigenvalue weighted by Gasteiger charge is -2.21. The molecule has 83 heavy (non-hydrogen) atoms. The molecular formula is C64H124O17P2. The maximum absolute atomic E-state index is 13.0. The molecule has 0 bridgehead atoms. The molecule has 0 fully saturated rings. The quantitative estimate of drug-likeness (QED) is 0.0222. The van der Waals surface area contributed by atoms with Crippen LogP contribution in [0.15, 0.2) is 0 Å². The van der Waals surface area contributed by atoms with Gasteiger partial charge in [0.2, 0.25) is 0 Å². The van der Waals surface area contributed by atoms with E-state index in [4.69, 9.17) is 37.0 Å². The monoisotopic (exact) mass is 1230 g/mol. The summed E-state index contributed by atoms with van der Waals surface area (Å²) in [6.07, 6.45) is 33.7. The summed E-state index contributed by atoms with van der Waals surface area (Å²) in [5.74, 6) is 0.716. The van der Waals surface area contributed by atoms with Crippen molar-refractivity contribution in [2.75, 3.05) is 39.6 Å². The number of rotatable bonds is 61. The second-order valence-corrected chi connectivity index (χ2v) is 28.0. The van der Waals surface area contributed by atoms with Gasteiger partial charge in [-0.2, -0.15) is 0 Å². The summed E-state index contributed by atoms with van der Waals surface area (Å²) in [5.41, 5.74) is 0. The third-order valence-corrected chi connectivity index (χ3v) is 16.5. The summed E-state index contributed by atoms with van der Waals surface area (Å²) in [7, 11) is -9.89. The van der Waals surface area contributed by atoms with Crippen LogP contribution in [0.1, 0.15) is 306 Å². The number of hydrogen-bond acceptors (Lipinski definition) is 15. The zero-order valence-corrected chi connectivity index (χ0v) is 55.6. The topological polar surface area (TPSA) is 237 Å². The summed E-state index contributed by atoms with van der Waals surface area (Å²) in [6.45, 7) is 13.9. The molecule has 3 N–H and O–H groups in total. The highest BCUT2D eigenvalue weighted by Crippen LogP contribution is 2.45. The SMILES string of the molecule is CC(C)CCCCCCCCCCCC(=O)O[C@H](COC(=O)CCCCCCCCCC(C)C)COP(=O)(O)OC[C@@H](O)COP(=O)(O)OC[C@@H](COC(=O)CCCCCCCCC(C)C)OC(=O)CCCCCCCCCCCC(C)C. The van der Waals surface area contributed by atoms with Gasteiger partial charge in [-0.25, -0.2) is 9.13 Å². The van der Waals surface area contributed by atoms with E-state index < -0.39 is 97.5 Å². The van der Waals surface area contributed by atoms with E-state index in [9.17, 15) is 43.2 Å². The van der Waals surface area contributed by atoms with Crippen molar-refractivity contribution in [1.82, 2.24) is 0 Å². The zero-order chi connectivity index (χ0) is 61.8. The number of carbonyl (C=O) groups is 4. The first-order valence-electron chi connectivity index (χ1n) is 33.2. The second kappa shape index (κ2) is 54.2. The van der Waals surface area contributed by atoms with E-state index in [1.165, 1.54) is 96.3 Å². The Morgan fingerprint density at radius 2 is 0.506 bits per heavy atom. The molecule has 0 aliphatic heterocycles. The van der Waals surface area contributed by atoms with Crippen LogP contribution in [0.5, 0.6) is 0 Å². The average molecular weight is 1230 g/mol. The fraction of sp³-hybridized carbons (Fsp3) is 0.938. The molecule has 0 saturated carbocycles. The van der Waals surface area contributed by atoms with E-state index >= 15 is 0 Å². The van der Waals surface area contributed by atoms with E-state index in [1.54, 1.807) is 0 Å². The van der Waals surface area contributed by atoms with Crippen molar-refractivity contribution in [2.45, 2.75) is 324 Å². The summed E-state index contributed by atoms with van der Waals surface area (Å²) in [5, 5.41) is 10.5. The first-order chi connectivity index (χ1) is 39.6. The molecule has 0 heterocycles. The van der Waals surface area contributed by atoms with Crippen LogP contribution in [-0.2, 0) is 65.4 Å². The van der Waals surface area contributed by atoms with Crippen molar-refractivity contribution in [2.24, 2.45) is 23.7 Å². The van der Waals surface area contributed by atoms with Gasteiger partial charge in [-0.05, 0) is 49.4 Å². The van der Waals surface area contributed by atoms with E-state index in [1.807, 2.05) is 0 Å². The van der Waals surface area contributed by atoms with Gasteiger partial charge in [-0.3, -0.25) is 37.3 Å². The summed E-state index contributed by atoms with van der Waals surface area (Å²) >= 11 is 0. The predicted molar refractivity (Wildman–Crippen MR) is 331 cm³/mol. The summed E-state index contributed by atoms with van der Waals surface area (Å²) < 4.78 is 68.0. The number of aliphatic hydroxyl groups is 1. The first-order valence-corrected chi connectivity index (χ1v) is 36.2. The van der Waals surface area contributed by atoms with Crippen molar-refractivity contribution < 1.29 is 80.2 Å². The Kier molecular flexibility index (Phi) is 53.0. The number of unbranched alkanes of at least 4 members (excludes halogenated alkanes) is 27. The van der Waals surface area contributed by atoms with Gasteiger partial charge in [0.25, 0.3) is 0 Å². The highest BCUT2D eigenvalue weighted by Gasteiger charge is 2.30. The first kappa shape index (κ1) is 81.1. The van der Waals surface area contributed by atoms with E-state index in [0.29, 0.717) is 37.5 Å². The zero-order valence-electron chi connectivity index (χ0n) is 53.8. The number of aliphatic hydroxyl groups excluding tert-OH is 1. The average Bonchev–Trinajstić information content (AvgIpc) is 3.43. The largest absolute Gasteiger partial charge is 0.472 e. The second-order valence-electron chi connectivity index (χ2n) is 25.1. The fourth-order valence-electron chi connectivity index (χ4n) is 9.43. The minimum atomic E-state index is -4.94. The molecule has 0 rings (SSSR count). The molecule has 0 aromatic carbocycles. The van der Waals surface area contributed by atoms with Crippen molar-refractivity contribution in [3.63, 3.8) is 0 Å². The highest BCUT2D eigenvalue weighted by molar-refractivity contribution is 7.47. The van der Waals surface area contributed by atoms with Crippen molar-refractivity contribution in [3.8, 4) is 0 Å². The maximum Gasteiger partial charge on any atom is 0.472 e. The van der Waals surface area contributed by atoms with Gasteiger partial charge in [-0.15, -0.1) is 0 Å². The van der Waals surface area contributed by atoms with Crippen molar-refractivity contribution in [3.05, 3.63) is 0 Å². The molecule has 0 aromatic rings. The number of carbonyl (C=O) groups excluding carboxylic acids is 4. The summed E-state index contributed by atoms with van der Waals surface area (Å²) in [6, 6.07) is 0. The number of phosphoric ester groups is 2. The Balaban J connectivity index is 5.25. The minimum Gasteiger partial charge on any atom is -0.462 e. The molecule has 0 spiro atoms. The molecule has 2 unspecified atom stereocenters. The van der Waals surface area contributed by atoms with Crippen LogP contribution in [0.4, 0.5) is 0 Å². The van der Waals surface area contributed by atoms with Gasteiger partial charge >= 0.3 is 39.5 Å². The molecule has 5 atom stereocenters. The molecule has 0 aliphatic carbocycles. The fourth-order valence-corrected chi connectivity index (χ4v) is 11.0. The number of esters is 4. The molecule has 492 valence electrons. The van der Waals surface area contributed by atoms with Crippen LogP contribution in [0.25, 0.3) is 0 Å².